The van der Waals surface area contributed by atoms with Gasteiger partial charge < -0.3 is 24.3 Å². The number of amides is 3. The fraction of sp³-hybridized carbons (Fsp3) is 0.179. The molecule has 0 aliphatic carbocycles. The predicted molar refractivity (Wildman–Crippen MR) is 165 cm³/mol. The summed E-state index contributed by atoms with van der Waals surface area (Å²) in [6.45, 7) is 1.68. The first-order valence-corrected chi connectivity index (χ1v) is 14.7. The van der Waals surface area contributed by atoms with Gasteiger partial charge in [-0.1, -0.05) is 29.3 Å². The Labute approximate surface area is 263 Å². The van der Waals surface area contributed by atoms with Gasteiger partial charge in [0, 0.05) is 21.8 Å². The molecule has 0 aromatic heterocycles. The number of halogens is 3. The second-order valence-corrected chi connectivity index (χ2v) is 11.9. The maximum atomic E-state index is 13.1. The number of rotatable bonds is 8. The van der Waals surface area contributed by atoms with Crippen LogP contribution < -0.4 is 24.3 Å². The van der Waals surface area contributed by atoms with Crippen molar-refractivity contribution in [1.29, 1.82) is 0 Å². The average molecular weight is 727 g/mol. The number of fused-ring (bicyclic) bond motifs is 1. The third-order valence-electron chi connectivity index (χ3n) is 6.10. The minimum absolute atomic E-state index is 0.0119. The van der Waals surface area contributed by atoms with Gasteiger partial charge in [-0.25, -0.2) is 0 Å². The van der Waals surface area contributed by atoms with Gasteiger partial charge in [-0.3, -0.25) is 19.3 Å². The number of benzene rings is 3. The molecule has 212 valence electrons. The van der Waals surface area contributed by atoms with Crippen molar-refractivity contribution in [3.63, 3.8) is 0 Å². The van der Waals surface area contributed by atoms with Crippen molar-refractivity contribution in [2.24, 2.45) is 0 Å². The fourth-order valence-corrected chi connectivity index (χ4v) is 6.02. The van der Waals surface area contributed by atoms with Crippen LogP contribution in [-0.4, -0.2) is 42.5 Å². The molecule has 3 amide bonds. The molecule has 2 aliphatic rings. The predicted octanol–water partition coefficient (Wildman–Crippen LogP) is 6.90. The molecule has 0 atom stereocenters. The van der Waals surface area contributed by atoms with E-state index in [1.54, 1.807) is 42.5 Å². The Hall–Kier alpha value is -3.13. The molecule has 2 aliphatic heterocycles. The number of carbonyl (C=O) groups is 3. The van der Waals surface area contributed by atoms with E-state index in [1.165, 1.54) is 7.11 Å². The van der Waals surface area contributed by atoms with Crippen molar-refractivity contribution in [2.45, 2.75) is 13.5 Å². The Kier molecular flexibility index (Phi) is 8.88. The number of thioether (sulfide) groups is 1. The normalized spacial score (nSPS) is 15.0. The van der Waals surface area contributed by atoms with Crippen molar-refractivity contribution in [2.75, 3.05) is 25.8 Å². The fourth-order valence-electron chi connectivity index (χ4n) is 4.01. The van der Waals surface area contributed by atoms with Gasteiger partial charge in [0.15, 0.2) is 29.6 Å². The summed E-state index contributed by atoms with van der Waals surface area (Å²) < 4.78 is 22.6. The van der Waals surface area contributed by atoms with Gasteiger partial charge >= 0.3 is 0 Å². The maximum absolute atomic E-state index is 13.1. The van der Waals surface area contributed by atoms with Gasteiger partial charge in [-0.15, -0.1) is 0 Å². The van der Waals surface area contributed by atoms with Crippen molar-refractivity contribution < 1.29 is 33.3 Å². The molecular weight excluding hydrogens is 706 g/mol. The molecule has 13 heteroatoms. The maximum Gasteiger partial charge on any atom is 0.293 e. The molecule has 41 heavy (non-hydrogen) atoms. The van der Waals surface area contributed by atoms with E-state index in [0.717, 1.165) is 22.2 Å². The molecular formula is C28H21Cl2IN2O7S. The first kappa shape index (κ1) is 29.4. The Bertz CT molecular complexity index is 1610. The average Bonchev–Trinajstić information content (AvgIpc) is 3.48. The smallest absolute Gasteiger partial charge is 0.293 e. The van der Waals surface area contributed by atoms with E-state index in [0.29, 0.717) is 53.4 Å². The zero-order valence-corrected chi connectivity index (χ0v) is 26.1. The molecule has 9 nitrogen and oxygen atoms in total. The van der Waals surface area contributed by atoms with E-state index in [2.05, 4.69) is 27.9 Å². The standard InChI is InChI=1S/C28H21Cl2IN2O7S/c1-14-3-4-17(9-18(14)29)32-25(34)12-38-26-20(31)5-15(6-23(26)37-2)7-24-27(35)33(28(36)41-24)11-16-8-21-22(10-19(16)30)40-13-39-21/h3-10H,11-13H2,1-2H3,(H,32,34)/b24-7-. The van der Waals surface area contributed by atoms with E-state index >= 15 is 0 Å². The minimum Gasteiger partial charge on any atom is -0.493 e. The summed E-state index contributed by atoms with van der Waals surface area (Å²) >= 11 is 15.4. The Morgan fingerprint density at radius 2 is 1.88 bits per heavy atom. The molecule has 1 saturated heterocycles. The van der Waals surface area contributed by atoms with E-state index < -0.39 is 11.1 Å². The quantitative estimate of drug-likeness (QED) is 0.198. The zero-order chi connectivity index (χ0) is 29.3. The first-order valence-electron chi connectivity index (χ1n) is 12.0. The molecule has 0 saturated carbocycles. The highest BCUT2D eigenvalue weighted by Gasteiger charge is 2.36. The second kappa shape index (κ2) is 12.4. The summed E-state index contributed by atoms with van der Waals surface area (Å²) in [7, 11) is 1.47. The van der Waals surface area contributed by atoms with Gasteiger partial charge in [-0.2, -0.15) is 0 Å². The highest BCUT2D eigenvalue weighted by molar-refractivity contribution is 14.1. The van der Waals surface area contributed by atoms with Crippen LogP contribution in [0.15, 0.2) is 47.4 Å². The summed E-state index contributed by atoms with van der Waals surface area (Å²) in [5.74, 6) is 0.932. The molecule has 1 fully saturated rings. The number of carbonyl (C=O) groups excluding carboxylic acids is 3. The van der Waals surface area contributed by atoms with E-state index in [4.69, 9.17) is 42.1 Å². The number of imide groups is 1. The number of nitrogens with one attached hydrogen (secondary N) is 1. The lowest BCUT2D eigenvalue weighted by Gasteiger charge is -2.14. The van der Waals surface area contributed by atoms with Crippen molar-refractivity contribution >= 4 is 86.4 Å². The van der Waals surface area contributed by atoms with Gasteiger partial charge in [0.1, 0.15) is 0 Å². The topological polar surface area (TPSA) is 103 Å². The summed E-state index contributed by atoms with van der Waals surface area (Å²) in [6, 6.07) is 11.9. The third kappa shape index (κ3) is 6.53. The Morgan fingerprint density at radius 3 is 2.61 bits per heavy atom. The third-order valence-corrected chi connectivity index (χ3v) is 8.56. The van der Waals surface area contributed by atoms with Crippen LogP contribution in [-0.2, 0) is 16.1 Å². The van der Waals surface area contributed by atoms with Crippen LogP contribution in [0.3, 0.4) is 0 Å². The molecule has 3 aromatic rings. The van der Waals surface area contributed by atoms with Crippen LogP contribution in [0, 0.1) is 10.5 Å². The van der Waals surface area contributed by atoms with Crippen LogP contribution in [0.2, 0.25) is 10.0 Å². The SMILES string of the molecule is COc1cc(/C=C2\SC(=O)N(Cc3cc4c(cc3Cl)OCO4)C2=O)cc(I)c1OCC(=O)Nc1ccc(C)c(Cl)c1. The Morgan fingerprint density at radius 1 is 1.12 bits per heavy atom. The summed E-state index contributed by atoms with van der Waals surface area (Å²) in [5, 5.41) is 3.24. The zero-order valence-electron chi connectivity index (χ0n) is 21.6. The number of ether oxygens (including phenoxy) is 4. The monoisotopic (exact) mass is 726 g/mol. The van der Waals surface area contributed by atoms with Crippen molar-refractivity contribution in [3.05, 3.63) is 77.7 Å². The number of methoxy groups -OCH3 is 1. The minimum atomic E-state index is -0.448. The van der Waals surface area contributed by atoms with Crippen LogP contribution in [0.5, 0.6) is 23.0 Å². The summed E-state index contributed by atoms with van der Waals surface area (Å²) in [4.78, 5) is 39.7. The molecule has 0 unspecified atom stereocenters. The molecule has 0 bridgehead atoms. The number of hydrogen-bond acceptors (Lipinski definition) is 8. The number of nitrogens with zero attached hydrogens (tertiary/aromatic N) is 1. The number of anilines is 1. The summed E-state index contributed by atoms with van der Waals surface area (Å²) in [5.41, 5.74) is 2.63. The summed E-state index contributed by atoms with van der Waals surface area (Å²) in [6.07, 6.45) is 1.61. The lowest BCUT2D eigenvalue weighted by molar-refractivity contribution is -0.123. The first-order chi connectivity index (χ1) is 19.6. The molecule has 3 aromatic carbocycles. The molecule has 1 N–H and O–H groups in total. The molecule has 5 rings (SSSR count). The van der Waals surface area contributed by atoms with Gasteiger partial charge in [0.2, 0.25) is 6.79 Å². The van der Waals surface area contributed by atoms with Crippen molar-refractivity contribution in [1.82, 2.24) is 4.90 Å². The van der Waals surface area contributed by atoms with Crippen molar-refractivity contribution in [3.8, 4) is 23.0 Å². The molecule has 2 heterocycles. The molecule has 0 radical (unpaired) electrons. The Balaban J connectivity index is 1.28. The second-order valence-electron chi connectivity index (χ2n) is 8.90. The van der Waals surface area contributed by atoms with Gasteiger partial charge in [0.25, 0.3) is 17.1 Å². The highest BCUT2D eigenvalue weighted by atomic mass is 127. The number of hydrogen-bond donors (Lipinski definition) is 1. The van der Waals surface area contributed by atoms with Crippen LogP contribution >= 0.6 is 57.6 Å². The van der Waals surface area contributed by atoms with E-state index in [-0.39, 0.29) is 30.8 Å². The van der Waals surface area contributed by atoms with Crippen LogP contribution in [0.1, 0.15) is 16.7 Å². The van der Waals surface area contributed by atoms with Gasteiger partial charge in [-0.05, 0) is 94.4 Å². The van der Waals surface area contributed by atoms with E-state index in [1.807, 2.05) is 13.0 Å². The largest absolute Gasteiger partial charge is 0.493 e. The highest BCUT2D eigenvalue weighted by Crippen LogP contribution is 2.40. The number of aryl methyl sites for hydroxylation is 1. The lowest BCUT2D eigenvalue weighted by atomic mass is 10.1. The molecule has 0 spiro atoms. The lowest BCUT2D eigenvalue weighted by Crippen LogP contribution is -2.27. The van der Waals surface area contributed by atoms with E-state index in [9.17, 15) is 14.4 Å². The van der Waals surface area contributed by atoms with Gasteiger partial charge in [0.05, 0.1) is 22.1 Å². The van der Waals surface area contributed by atoms with Crippen LogP contribution in [0.4, 0.5) is 10.5 Å². The van der Waals surface area contributed by atoms with Crippen LogP contribution in [0.25, 0.3) is 6.08 Å².